The highest BCUT2D eigenvalue weighted by Crippen LogP contribution is 2.29. The monoisotopic (exact) mass is 499 g/mol. The maximum Gasteiger partial charge on any atom is 0.416 e. The minimum absolute atomic E-state index is 0.0394. The van der Waals surface area contributed by atoms with Crippen LogP contribution < -0.4 is 0 Å². The van der Waals surface area contributed by atoms with Crippen molar-refractivity contribution in [3.63, 3.8) is 0 Å². The van der Waals surface area contributed by atoms with Gasteiger partial charge in [0.2, 0.25) is 5.91 Å². The molecule has 3 aromatic rings. The molecule has 0 saturated heterocycles. The number of aromatic nitrogens is 1. The fourth-order valence-electron chi connectivity index (χ4n) is 3.98. The van der Waals surface area contributed by atoms with E-state index in [1.54, 1.807) is 41.4 Å². The molecule has 2 aromatic carbocycles. The van der Waals surface area contributed by atoms with Crippen molar-refractivity contribution in [2.75, 3.05) is 19.6 Å². The molecular formula is C28H32F3N3O2. The van der Waals surface area contributed by atoms with Gasteiger partial charge >= 0.3 is 6.18 Å². The number of amides is 2. The number of carbonyl (C=O) groups excluding carboxylic acids is 2. The highest BCUT2D eigenvalue weighted by molar-refractivity contribution is 5.96. The van der Waals surface area contributed by atoms with Gasteiger partial charge in [0.05, 0.1) is 12.1 Å². The molecule has 0 atom stereocenters. The van der Waals surface area contributed by atoms with Gasteiger partial charge < -0.3 is 14.4 Å². The Kier molecular flexibility index (Phi) is 9.33. The van der Waals surface area contributed by atoms with Gasteiger partial charge in [0, 0.05) is 37.1 Å². The number of nitrogens with zero attached hydrogens (tertiary/aromatic N) is 3. The molecule has 0 bridgehead atoms. The second-order valence-electron chi connectivity index (χ2n) is 8.68. The summed E-state index contributed by atoms with van der Waals surface area (Å²) in [5.74, 6) is -0.365. The van der Waals surface area contributed by atoms with Crippen LogP contribution in [0.5, 0.6) is 0 Å². The average Bonchev–Trinajstić information content (AvgIpc) is 3.31. The number of likely N-dealkylation sites (N-methyl/N-ethyl adjacent to an activating group) is 1. The molecule has 0 aliphatic carbocycles. The Bertz CT molecular complexity index is 1140. The maximum atomic E-state index is 13.3. The molecule has 1 aromatic heterocycles. The molecule has 3 rings (SSSR count). The van der Waals surface area contributed by atoms with Gasteiger partial charge in [-0.25, -0.2) is 0 Å². The number of hydrogen-bond acceptors (Lipinski definition) is 2. The summed E-state index contributed by atoms with van der Waals surface area (Å²) in [6.07, 6.45) is -0.898. The molecule has 0 radical (unpaired) electrons. The lowest BCUT2D eigenvalue weighted by Gasteiger charge is -2.27. The molecule has 0 unspecified atom stereocenters. The maximum absolute atomic E-state index is 13.3. The fourth-order valence-corrected chi connectivity index (χ4v) is 3.98. The first-order valence-electron chi connectivity index (χ1n) is 12.1. The van der Waals surface area contributed by atoms with Crippen LogP contribution in [0.3, 0.4) is 0 Å². The van der Waals surface area contributed by atoms with Crippen molar-refractivity contribution in [3.05, 3.63) is 95.3 Å². The smallest absolute Gasteiger partial charge is 0.345 e. The second-order valence-corrected chi connectivity index (χ2v) is 8.68. The normalized spacial score (nSPS) is 11.4. The summed E-state index contributed by atoms with van der Waals surface area (Å²) in [6, 6.07) is 17.8. The van der Waals surface area contributed by atoms with Gasteiger partial charge in [-0.1, -0.05) is 43.7 Å². The molecule has 0 saturated carbocycles. The zero-order chi connectivity index (χ0) is 26.1. The minimum atomic E-state index is -4.40. The van der Waals surface area contributed by atoms with Crippen molar-refractivity contribution in [1.82, 2.24) is 14.4 Å². The van der Waals surface area contributed by atoms with E-state index in [4.69, 9.17) is 0 Å². The van der Waals surface area contributed by atoms with E-state index in [0.29, 0.717) is 30.8 Å². The summed E-state index contributed by atoms with van der Waals surface area (Å²) in [5.41, 5.74) is 1.19. The quantitative estimate of drug-likeness (QED) is 0.332. The summed E-state index contributed by atoms with van der Waals surface area (Å²) in [6.45, 7) is 5.33. The summed E-state index contributed by atoms with van der Waals surface area (Å²) in [5, 5.41) is 0. The summed E-state index contributed by atoms with van der Waals surface area (Å²) in [7, 11) is 0. The van der Waals surface area contributed by atoms with Crippen LogP contribution >= 0.6 is 0 Å². The Morgan fingerprint density at radius 1 is 0.917 bits per heavy atom. The molecule has 2 amide bonds. The van der Waals surface area contributed by atoms with Crippen molar-refractivity contribution >= 4 is 11.8 Å². The highest BCUT2D eigenvalue weighted by atomic mass is 19.4. The van der Waals surface area contributed by atoms with E-state index in [2.05, 4.69) is 0 Å². The lowest BCUT2D eigenvalue weighted by atomic mass is 10.1. The predicted molar refractivity (Wildman–Crippen MR) is 133 cm³/mol. The van der Waals surface area contributed by atoms with Gasteiger partial charge in [0.1, 0.15) is 6.54 Å². The molecule has 0 spiro atoms. The Balaban J connectivity index is 1.74. The standard InChI is InChI=1S/C28H32F3N3O2/c1-3-5-16-34(26(35)21-32(4-2)27(36)23-12-7-6-8-13-23)20-25-15-10-17-33(25)19-22-11-9-14-24(18-22)28(29,30)31/h6-15,17-18H,3-5,16,19-21H2,1-2H3. The first kappa shape index (κ1) is 27.0. The van der Waals surface area contributed by atoms with Gasteiger partial charge in [0.25, 0.3) is 5.91 Å². The third-order valence-electron chi connectivity index (χ3n) is 6.03. The lowest BCUT2D eigenvalue weighted by molar-refractivity contribution is -0.137. The molecule has 5 nitrogen and oxygen atoms in total. The molecule has 0 N–H and O–H groups in total. The molecule has 192 valence electrons. The van der Waals surface area contributed by atoms with Crippen molar-refractivity contribution < 1.29 is 22.8 Å². The third-order valence-corrected chi connectivity index (χ3v) is 6.03. The Morgan fingerprint density at radius 3 is 2.33 bits per heavy atom. The van der Waals surface area contributed by atoms with Crippen LogP contribution in [0, 0.1) is 0 Å². The molecule has 1 heterocycles. The van der Waals surface area contributed by atoms with Crippen molar-refractivity contribution in [3.8, 4) is 0 Å². The first-order chi connectivity index (χ1) is 17.2. The van der Waals surface area contributed by atoms with E-state index in [1.165, 1.54) is 11.0 Å². The molecule has 0 aliphatic heterocycles. The molecular weight excluding hydrogens is 467 g/mol. The number of unbranched alkanes of at least 4 members (excludes halogenated alkanes) is 1. The Morgan fingerprint density at radius 2 is 1.67 bits per heavy atom. The van der Waals surface area contributed by atoms with E-state index in [1.807, 2.05) is 36.6 Å². The lowest BCUT2D eigenvalue weighted by Crippen LogP contribution is -2.43. The number of benzene rings is 2. The zero-order valence-electron chi connectivity index (χ0n) is 20.7. The number of hydrogen-bond donors (Lipinski definition) is 0. The average molecular weight is 500 g/mol. The van der Waals surface area contributed by atoms with Gasteiger partial charge in [-0.05, 0) is 55.3 Å². The summed E-state index contributed by atoms with van der Waals surface area (Å²) < 4.78 is 41.2. The van der Waals surface area contributed by atoms with Gasteiger partial charge in [-0.15, -0.1) is 0 Å². The predicted octanol–water partition coefficient (Wildman–Crippen LogP) is 5.85. The van der Waals surface area contributed by atoms with Crippen molar-refractivity contribution in [2.45, 2.75) is 46.0 Å². The van der Waals surface area contributed by atoms with E-state index in [9.17, 15) is 22.8 Å². The Hall–Kier alpha value is -3.55. The van der Waals surface area contributed by atoms with Gasteiger partial charge in [-0.3, -0.25) is 9.59 Å². The van der Waals surface area contributed by atoms with E-state index < -0.39 is 11.7 Å². The Labute approximate surface area is 210 Å². The molecule has 0 aliphatic rings. The number of alkyl halides is 3. The summed E-state index contributed by atoms with van der Waals surface area (Å²) >= 11 is 0. The number of carbonyl (C=O) groups is 2. The van der Waals surface area contributed by atoms with E-state index in [0.717, 1.165) is 30.7 Å². The van der Waals surface area contributed by atoms with Crippen LogP contribution in [0.2, 0.25) is 0 Å². The van der Waals surface area contributed by atoms with Crippen LogP contribution in [-0.2, 0) is 24.1 Å². The largest absolute Gasteiger partial charge is 0.416 e. The first-order valence-corrected chi connectivity index (χ1v) is 12.1. The third kappa shape index (κ3) is 7.23. The fraction of sp³-hybridized carbons (Fsp3) is 0.357. The molecule has 8 heteroatoms. The minimum Gasteiger partial charge on any atom is -0.345 e. The van der Waals surface area contributed by atoms with Crippen LogP contribution in [0.4, 0.5) is 13.2 Å². The van der Waals surface area contributed by atoms with Crippen LogP contribution in [0.1, 0.15) is 53.9 Å². The van der Waals surface area contributed by atoms with E-state index in [-0.39, 0.29) is 24.9 Å². The topological polar surface area (TPSA) is 45.6 Å². The van der Waals surface area contributed by atoms with Crippen LogP contribution in [0.15, 0.2) is 72.9 Å². The van der Waals surface area contributed by atoms with Crippen molar-refractivity contribution in [1.29, 1.82) is 0 Å². The van der Waals surface area contributed by atoms with E-state index >= 15 is 0 Å². The summed E-state index contributed by atoms with van der Waals surface area (Å²) in [4.78, 5) is 29.4. The van der Waals surface area contributed by atoms with Gasteiger partial charge in [0.15, 0.2) is 0 Å². The molecule has 36 heavy (non-hydrogen) atoms. The highest BCUT2D eigenvalue weighted by Gasteiger charge is 2.30. The number of rotatable bonds is 11. The van der Waals surface area contributed by atoms with Crippen LogP contribution in [0.25, 0.3) is 0 Å². The SMILES string of the molecule is CCCCN(Cc1cccn1Cc1cccc(C(F)(F)F)c1)C(=O)CN(CC)C(=O)c1ccccc1. The van der Waals surface area contributed by atoms with Crippen LogP contribution in [-0.4, -0.2) is 45.8 Å². The van der Waals surface area contributed by atoms with Crippen molar-refractivity contribution in [2.24, 2.45) is 0 Å². The van der Waals surface area contributed by atoms with Gasteiger partial charge in [-0.2, -0.15) is 13.2 Å². The second kappa shape index (κ2) is 12.4. The molecule has 0 fully saturated rings. The number of halogens is 3. The zero-order valence-corrected chi connectivity index (χ0v) is 20.7.